The van der Waals surface area contributed by atoms with Gasteiger partial charge in [-0.05, 0) is 44.2 Å². The molecule has 0 atom stereocenters. The summed E-state index contributed by atoms with van der Waals surface area (Å²) in [4.78, 5) is 12.7. The summed E-state index contributed by atoms with van der Waals surface area (Å²) in [5.41, 5.74) is 2.12. The van der Waals surface area contributed by atoms with Crippen molar-refractivity contribution in [1.82, 2.24) is 0 Å². The number of aryl methyl sites for hydroxylation is 1. The fraction of sp³-hybridized carbons (Fsp3) is 0.571. The average Bonchev–Trinajstić information content (AvgIpc) is 2.32. The van der Waals surface area contributed by atoms with Crippen LogP contribution < -0.4 is 4.90 Å². The van der Waals surface area contributed by atoms with Gasteiger partial charge in [-0.2, -0.15) is 0 Å². The van der Waals surface area contributed by atoms with Crippen molar-refractivity contribution in [3.63, 3.8) is 0 Å². The summed E-state index contributed by atoms with van der Waals surface area (Å²) >= 11 is 0. The SMILES string of the molecule is Cc1cc([N+](=O)[O-])ccc1N(CCCO)C1CCC1. The van der Waals surface area contributed by atoms with Crippen molar-refractivity contribution < 1.29 is 10.0 Å². The molecular weight excluding hydrogens is 244 g/mol. The first-order valence-electron chi connectivity index (χ1n) is 6.76. The lowest BCUT2D eigenvalue weighted by atomic mass is 9.90. The maximum Gasteiger partial charge on any atom is 0.269 e. The molecule has 1 aliphatic carbocycles. The molecule has 0 aliphatic heterocycles. The Morgan fingerprint density at radius 3 is 2.68 bits per heavy atom. The van der Waals surface area contributed by atoms with Crippen LogP contribution >= 0.6 is 0 Å². The van der Waals surface area contributed by atoms with Gasteiger partial charge in [0.2, 0.25) is 0 Å². The van der Waals surface area contributed by atoms with E-state index in [4.69, 9.17) is 5.11 Å². The van der Waals surface area contributed by atoms with Crippen molar-refractivity contribution in [3.05, 3.63) is 33.9 Å². The van der Waals surface area contributed by atoms with Gasteiger partial charge in [0, 0.05) is 37.0 Å². The van der Waals surface area contributed by atoms with Gasteiger partial charge in [-0.1, -0.05) is 0 Å². The molecule has 1 saturated carbocycles. The topological polar surface area (TPSA) is 66.6 Å². The van der Waals surface area contributed by atoms with Crippen molar-refractivity contribution in [2.45, 2.75) is 38.6 Å². The van der Waals surface area contributed by atoms with Crippen LogP contribution in [-0.2, 0) is 0 Å². The maximum absolute atomic E-state index is 10.8. The second kappa shape index (κ2) is 6.02. The van der Waals surface area contributed by atoms with E-state index < -0.39 is 0 Å². The molecular formula is C14H20N2O3. The van der Waals surface area contributed by atoms with Gasteiger partial charge in [-0.25, -0.2) is 0 Å². The highest BCUT2D eigenvalue weighted by Crippen LogP contribution is 2.33. The van der Waals surface area contributed by atoms with Crippen molar-refractivity contribution >= 4 is 11.4 Å². The van der Waals surface area contributed by atoms with E-state index in [9.17, 15) is 10.1 Å². The molecule has 0 amide bonds. The first-order chi connectivity index (χ1) is 9.13. The number of nitrogens with zero attached hydrogens (tertiary/aromatic N) is 2. The molecule has 1 N–H and O–H groups in total. The molecule has 5 heteroatoms. The zero-order chi connectivity index (χ0) is 13.8. The van der Waals surface area contributed by atoms with Gasteiger partial charge in [0.05, 0.1) is 4.92 Å². The smallest absolute Gasteiger partial charge is 0.269 e. The Labute approximate surface area is 113 Å². The molecule has 0 aromatic heterocycles. The molecule has 2 rings (SSSR count). The number of nitro benzene ring substituents is 1. The standard InChI is InChI=1S/C14H20N2O3/c1-11-10-13(16(18)19)6-7-14(11)15(8-3-9-17)12-4-2-5-12/h6-7,10,12,17H,2-5,8-9H2,1H3. The minimum Gasteiger partial charge on any atom is -0.396 e. The van der Waals surface area contributed by atoms with E-state index in [1.807, 2.05) is 13.0 Å². The van der Waals surface area contributed by atoms with Crippen LogP contribution in [0.1, 0.15) is 31.2 Å². The number of hydrogen-bond donors (Lipinski definition) is 1. The van der Waals surface area contributed by atoms with Crippen molar-refractivity contribution in [3.8, 4) is 0 Å². The third-order valence-corrected chi connectivity index (χ3v) is 3.77. The van der Waals surface area contributed by atoms with Gasteiger partial charge in [-0.15, -0.1) is 0 Å². The highest BCUT2D eigenvalue weighted by molar-refractivity contribution is 5.58. The molecule has 5 nitrogen and oxygen atoms in total. The second-order valence-corrected chi connectivity index (χ2v) is 5.08. The van der Waals surface area contributed by atoms with Gasteiger partial charge >= 0.3 is 0 Å². The molecule has 1 fully saturated rings. The Bertz CT molecular complexity index is 458. The molecule has 0 bridgehead atoms. The minimum atomic E-state index is -0.363. The van der Waals surface area contributed by atoms with Crippen LogP contribution in [0.15, 0.2) is 18.2 Å². The molecule has 0 spiro atoms. The predicted octanol–water partition coefficient (Wildman–Crippen LogP) is 2.64. The van der Waals surface area contributed by atoms with Crippen LogP contribution in [0.4, 0.5) is 11.4 Å². The molecule has 1 aliphatic rings. The van der Waals surface area contributed by atoms with E-state index >= 15 is 0 Å². The van der Waals surface area contributed by atoms with E-state index in [1.54, 1.807) is 12.1 Å². The third kappa shape index (κ3) is 3.04. The summed E-state index contributed by atoms with van der Waals surface area (Å²) in [6.45, 7) is 2.89. The lowest BCUT2D eigenvalue weighted by Gasteiger charge is -2.40. The molecule has 104 valence electrons. The molecule has 0 heterocycles. The van der Waals surface area contributed by atoms with Crippen LogP contribution in [0.3, 0.4) is 0 Å². The maximum atomic E-state index is 10.8. The Kier molecular flexibility index (Phi) is 4.37. The van der Waals surface area contributed by atoms with Crippen LogP contribution in [0.25, 0.3) is 0 Å². The number of non-ortho nitro benzene ring substituents is 1. The summed E-state index contributed by atoms with van der Waals surface area (Å²) in [5, 5.41) is 19.8. The van der Waals surface area contributed by atoms with Gasteiger partial charge in [0.25, 0.3) is 5.69 Å². The number of anilines is 1. The van der Waals surface area contributed by atoms with Gasteiger partial charge < -0.3 is 10.0 Å². The molecule has 0 saturated heterocycles. The average molecular weight is 264 g/mol. The summed E-state index contributed by atoms with van der Waals surface area (Å²) in [7, 11) is 0. The molecule has 0 unspecified atom stereocenters. The van der Waals surface area contributed by atoms with Crippen LogP contribution in [-0.4, -0.2) is 29.2 Å². The highest BCUT2D eigenvalue weighted by atomic mass is 16.6. The van der Waals surface area contributed by atoms with E-state index in [2.05, 4.69) is 4.90 Å². The van der Waals surface area contributed by atoms with Gasteiger partial charge in [0.1, 0.15) is 0 Å². The lowest BCUT2D eigenvalue weighted by Crippen LogP contribution is -2.41. The van der Waals surface area contributed by atoms with Crippen molar-refractivity contribution in [2.75, 3.05) is 18.1 Å². The largest absolute Gasteiger partial charge is 0.396 e. The van der Waals surface area contributed by atoms with Gasteiger partial charge in [0.15, 0.2) is 0 Å². The molecule has 0 radical (unpaired) electrons. The predicted molar refractivity (Wildman–Crippen MR) is 74.5 cm³/mol. The summed E-state index contributed by atoms with van der Waals surface area (Å²) in [6.07, 6.45) is 4.31. The minimum absolute atomic E-state index is 0.136. The zero-order valence-electron chi connectivity index (χ0n) is 11.2. The van der Waals surface area contributed by atoms with E-state index in [0.29, 0.717) is 6.04 Å². The Morgan fingerprint density at radius 1 is 1.47 bits per heavy atom. The first kappa shape index (κ1) is 13.8. The summed E-state index contributed by atoms with van der Waals surface area (Å²) in [6, 6.07) is 5.54. The first-order valence-corrected chi connectivity index (χ1v) is 6.76. The lowest BCUT2D eigenvalue weighted by molar-refractivity contribution is -0.384. The van der Waals surface area contributed by atoms with E-state index in [1.165, 1.54) is 19.3 Å². The molecule has 1 aromatic rings. The normalized spacial score (nSPS) is 15.1. The summed E-state index contributed by atoms with van der Waals surface area (Å²) < 4.78 is 0. The van der Waals surface area contributed by atoms with Crippen LogP contribution in [0.2, 0.25) is 0 Å². The summed E-state index contributed by atoms with van der Waals surface area (Å²) in [5.74, 6) is 0. The van der Waals surface area contributed by atoms with Crippen LogP contribution in [0.5, 0.6) is 0 Å². The zero-order valence-corrected chi connectivity index (χ0v) is 11.2. The highest BCUT2D eigenvalue weighted by Gasteiger charge is 2.26. The second-order valence-electron chi connectivity index (χ2n) is 5.08. The quantitative estimate of drug-likeness (QED) is 0.633. The fourth-order valence-corrected chi connectivity index (χ4v) is 2.51. The number of aliphatic hydroxyl groups excluding tert-OH is 1. The van der Waals surface area contributed by atoms with Crippen molar-refractivity contribution in [1.29, 1.82) is 0 Å². The van der Waals surface area contributed by atoms with Crippen molar-refractivity contribution in [2.24, 2.45) is 0 Å². The number of nitro groups is 1. The Morgan fingerprint density at radius 2 is 2.21 bits per heavy atom. The number of aliphatic hydroxyl groups is 1. The Hall–Kier alpha value is -1.62. The van der Waals surface area contributed by atoms with E-state index in [0.717, 1.165) is 24.2 Å². The molecule has 1 aromatic carbocycles. The number of hydrogen-bond acceptors (Lipinski definition) is 4. The Balaban J connectivity index is 2.22. The monoisotopic (exact) mass is 264 g/mol. The van der Waals surface area contributed by atoms with Gasteiger partial charge in [-0.3, -0.25) is 10.1 Å². The number of benzene rings is 1. The molecule has 19 heavy (non-hydrogen) atoms. The van der Waals surface area contributed by atoms with E-state index in [-0.39, 0.29) is 17.2 Å². The van der Waals surface area contributed by atoms with Crippen LogP contribution in [0, 0.1) is 17.0 Å². The number of rotatable bonds is 6. The third-order valence-electron chi connectivity index (χ3n) is 3.77. The fourth-order valence-electron chi connectivity index (χ4n) is 2.51.